The number of benzene rings is 1. The van der Waals surface area contributed by atoms with E-state index >= 15 is 0 Å². The lowest BCUT2D eigenvalue weighted by Crippen LogP contribution is -2.35. The first-order chi connectivity index (χ1) is 9.35. The van der Waals surface area contributed by atoms with Gasteiger partial charge in [0.1, 0.15) is 5.75 Å². The van der Waals surface area contributed by atoms with Gasteiger partial charge in [0.15, 0.2) is 0 Å². The molecule has 0 spiro atoms. The number of aromatic carboxylic acids is 1. The summed E-state index contributed by atoms with van der Waals surface area (Å²) in [4.78, 5) is 24.3. The minimum Gasteiger partial charge on any atom is -0.506 e. The Morgan fingerprint density at radius 2 is 2.05 bits per heavy atom. The molecule has 0 saturated carbocycles. The molecular weight excluding hydrogens is 260 g/mol. The van der Waals surface area contributed by atoms with E-state index in [9.17, 15) is 14.7 Å². The third-order valence-corrected chi connectivity index (χ3v) is 2.62. The molecule has 0 heterocycles. The van der Waals surface area contributed by atoms with Gasteiger partial charge in [-0.2, -0.15) is 0 Å². The van der Waals surface area contributed by atoms with Gasteiger partial charge in [-0.1, -0.05) is 12.2 Å². The number of amides is 2. The highest BCUT2D eigenvalue weighted by molar-refractivity contribution is 5.93. The minimum absolute atomic E-state index is 0.0465. The zero-order valence-corrected chi connectivity index (χ0v) is 11.5. The Kier molecular flexibility index (Phi) is 5.14. The number of hydrogen-bond donors (Lipinski definition) is 3. The molecule has 3 N–H and O–H groups in total. The number of likely N-dealkylation sites (N-methyl/N-ethyl adjacent to an activating group) is 1. The Labute approximate surface area is 117 Å². The number of phenolic OH excluding ortho intramolecular Hbond substituents is 1. The molecular formula is C14H18N2O4. The van der Waals surface area contributed by atoms with Crippen LogP contribution in [0.25, 0.3) is 0 Å². The Balaban J connectivity index is 2.84. The molecule has 1 rings (SSSR count). The van der Waals surface area contributed by atoms with Gasteiger partial charge < -0.3 is 20.4 Å². The molecule has 1 aromatic carbocycles. The maximum absolute atomic E-state index is 12.0. The van der Waals surface area contributed by atoms with Crippen LogP contribution >= 0.6 is 0 Å². The predicted octanol–water partition coefficient (Wildman–Crippen LogP) is 2.52. The summed E-state index contributed by atoms with van der Waals surface area (Å²) in [6.45, 7) is 8.29. The molecule has 1 aromatic rings. The number of aromatic hydroxyl groups is 1. The molecule has 6 heteroatoms. The minimum atomic E-state index is -1.14. The lowest BCUT2D eigenvalue weighted by atomic mass is 10.2. The summed E-state index contributed by atoms with van der Waals surface area (Å²) in [7, 11) is 0. The lowest BCUT2D eigenvalue weighted by molar-refractivity contribution is 0.0696. The van der Waals surface area contributed by atoms with Crippen molar-refractivity contribution in [2.75, 3.05) is 18.4 Å². The van der Waals surface area contributed by atoms with E-state index in [1.165, 1.54) is 17.0 Å². The Morgan fingerprint density at radius 3 is 2.50 bits per heavy atom. The Bertz CT molecular complexity index is 540. The van der Waals surface area contributed by atoms with Crippen LogP contribution in [-0.2, 0) is 0 Å². The zero-order chi connectivity index (χ0) is 15.3. The Hall–Kier alpha value is -2.50. The highest BCUT2D eigenvalue weighted by Gasteiger charge is 2.14. The quantitative estimate of drug-likeness (QED) is 0.570. The summed E-state index contributed by atoms with van der Waals surface area (Å²) in [5, 5.41) is 21.0. The smallest absolute Gasteiger partial charge is 0.335 e. The molecule has 0 radical (unpaired) electrons. The van der Waals surface area contributed by atoms with Gasteiger partial charge in [0.05, 0.1) is 11.3 Å². The van der Waals surface area contributed by atoms with Gasteiger partial charge in [-0.05, 0) is 32.0 Å². The average molecular weight is 278 g/mol. The molecule has 0 aromatic heterocycles. The van der Waals surface area contributed by atoms with E-state index < -0.39 is 5.97 Å². The summed E-state index contributed by atoms with van der Waals surface area (Å²) in [5.41, 5.74) is 0.961. The van der Waals surface area contributed by atoms with E-state index in [4.69, 9.17) is 5.11 Å². The van der Waals surface area contributed by atoms with Gasteiger partial charge in [0.25, 0.3) is 0 Å². The van der Waals surface area contributed by atoms with Crippen molar-refractivity contribution in [2.45, 2.75) is 13.8 Å². The number of rotatable bonds is 5. The van der Waals surface area contributed by atoms with Crippen molar-refractivity contribution in [2.24, 2.45) is 0 Å². The number of carbonyl (C=O) groups excluding carboxylic acids is 1. The molecule has 0 unspecified atom stereocenters. The summed E-state index contributed by atoms with van der Waals surface area (Å²) in [6.07, 6.45) is 0. The van der Waals surface area contributed by atoms with Crippen LogP contribution in [-0.4, -0.2) is 40.2 Å². The predicted molar refractivity (Wildman–Crippen MR) is 76.1 cm³/mol. The molecule has 0 fully saturated rings. The summed E-state index contributed by atoms with van der Waals surface area (Å²) in [5.74, 6) is -1.43. The van der Waals surface area contributed by atoms with Crippen LogP contribution in [0.4, 0.5) is 10.5 Å². The van der Waals surface area contributed by atoms with Gasteiger partial charge in [0.2, 0.25) is 0 Å². The van der Waals surface area contributed by atoms with Gasteiger partial charge in [0, 0.05) is 13.1 Å². The number of anilines is 1. The summed E-state index contributed by atoms with van der Waals surface area (Å²) >= 11 is 0. The molecule has 0 aliphatic carbocycles. The third-order valence-electron chi connectivity index (χ3n) is 2.62. The Morgan fingerprint density at radius 1 is 1.40 bits per heavy atom. The fourth-order valence-corrected chi connectivity index (χ4v) is 1.62. The summed E-state index contributed by atoms with van der Waals surface area (Å²) < 4.78 is 0. The lowest BCUT2D eigenvalue weighted by Gasteiger charge is -2.21. The second-order valence-electron chi connectivity index (χ2n) is 4.44. The fourth-order valence-electron chi connectivity index (χ4n) is 1.62. The van der Waals surface area contributed by atoms with Crippen molar-refractivity contribution in [1.82, 2.24) is 4.90 Å². The van der Waals surface area contributed by atoms with E-state index in [-0.39, 0.29) is 23.0 Å². The van der Waals surface area contributed by atoms with Crippen molar-refractivity contribution in [3.8, 4) is 5.75 Å². The largest absolute Gasteiger partial charge is 0.506 e. The van der Waals surface area contributed by atoms with Gasteiger partial charge in [-0.15, -0.1) is 0 Å². The van der Waals surface area contributed by atoms with E-state index in [1.807, 2.05) is 13.8 Å². The van der Waals surface area contributed by atoms with Crippen LogP contribution in [0.3, 0.4) is 0 Å². The van der Waals surface area contributed by atoms with Crippen LogP contribution in [0, 0.1) is 0 Å². The number of phenols is 1. The van der Waals surface area contributed by atoms with Crippen molar-refractivity contribution in [3.05, 3.63) is 35.9 Å². The fraction of sp³-hybridized carbons (Fsp3) is 0.286. The number of hydrogen-bond acceptors (Lipinski definition) is 3. The summed E-state index contributed by atoms with van der Waals surface area (Å²) in [6, 6.07) is 3.37. The number of carbonyl (C=O) groups is 2. The zero-order valence-electron chi connectivity index (χ0n) is 11.5. The molecule has 108 valence electrons. The third kappa shape index (κ3) is 4.01. The van der Waals surface area contributed by atoms with Gasteiger partial charge in [-0.25, -0.2) is 9.59 Å². The monoisotopic (exact) mass is 278 g/mol. The molecule has 2 amide bonds. The van der Waals surface area contributed by atoms with Gasteiger partial charge in [-0.3, -0.25) is 0 Å². The number of nitrogens with one attached hydrogen (secondary N) is 1. The topological polar surface area (TPSA) is 89.9 Å². The van der Waals surface area contributed by atoms with E-state index in [2.05, 4.69) is 11.9 Å². The van der Waals surface area contributed by atoms with Crippen LogP contribution in [0.15, 0.2) is 30.4 Å². The maximum atomic E-state index is 12.0. The van der Waals surface area contributed by atoms with Gasteiger partial charge >= 0.3 is 12.0 Å². The normalized spacial score (nSPS) is 9.90. The maximum Gasteiger partial charge on any atom is 0.335 e. The molecule has 6 nitrogen and oxygen atoms in total. The van der Waals surface area contributed by atoms with Crippen molar-refractivity contribution in [1.29, 1.82) is 0 Å². The molecule has 0 atom stereocenters. The van der Waals surface area contributed by atoms with E-state index in [0.717, 1.165) is 11.6 Å². The average Bonchev–Trinajstić information content (AvgIpc) is 2.37. The molecule has 0 aliphatic heterocycles. The standard InChI is InChI=1S/C14H18N2O4/c1-4-16(8-9(2)3)14(20)15-11-6-5-10(13(18)19)7-12(11)17/h5-7,17H,2,4,8H2,1,3H3,(H,15,20)(H,18,19). The van der Waals surface area contributed by atoms with Crippen molar-refractivity contribution in [3.63, 3.8) is 0 Å². The van der Waals surface area contributed by atoms with Crippen molar-refractivity contribution < 1.29 is 19.8 Å². The first-order valence-electron chi connectivity index (χ1n) is 6.11. The first-order valence-corrected chi connectivity index (χ1v) is 6.11. The number of carboxylic acids is 1. The van der Waals surface area contributed by atoms with Crippen LogP contribution < -0.4 is 5.32 Å². The van der Waals surface area contributed by atoms with E-state index in [1.54, 1.807) is 0 Å². The van der Waals surface area contributed by atoms with E-state index in [0.29, 0.717) is 13.1 Å². The molecule has 20 heavy (non-hydrogen) atoms. The van der Waals surface area contributed by atoms with Crippen LogP contribution in [0.5, 0.6) is 5.75 Å². The SMILES string of the molecule is C=C(C)CN(CC)C(=O)Nc1ccc(C(=O)O)cc1O. The highest BCUT2D eigenvalue weighted by atomic mass is 16.4. The second kappa shape index (κ2) is 6.60. The number of nitrogens with zero attached hydrogens (tertiary/aromatic N) is 1. The first kappa shape index (κ1) is 15.6. The van der Waals surface area contributed by atoms with Crippen LogP contribution in [0.2, 0.25) is 0 Å². The second-order valence-corrected chi connectivity index (χ2v) is 4.44. The molecule has 0 saturated heterocycles. The van der Waals surface area contributed by atoms with Crippen LogP contribution in [0.1, 0.15) is 24.2 Å². The van der Waals surface area contributed by atoms with Crippen molar-refractivity contribution >= 4 is 17.7 Å². The molecule has 0 bridgehead atoms. The number of carboxylic acid groups (broad SMARTS) is 1. The highest BCUT2D eigenvalue weighted by Crippen LogP contribution is 2.24. The molecule has 0 aliphatic rings. The number of urea groups is 1.